The normalized spacial score (nSPS) is 10.7. The van der Waals surface area contributed by atoms with Crippen molar-refractivity contribution < 1.29 is 24.9 Å². The molecule has 0 saturated heterocycles. The van der Waals surface area contributed by atoms with E-state index in [-0.39, 0.29) is 0 Å². The second kappa shape index (κ2) is 3.40. The smallest absolute Gasteiger partial charge is 0.370 e. The highest BCUT2D eigenvalue weighted by molar-refractivity contribution is 5.92. The Balaban J connectivity index is 4.44. The van der Waals surface area contributed by atoms with E-state index in [0.717, 1.165) is 0 Å². The summed E-state index contributed by atoms with van der Waals surface area (Å²) in [5.74, 6) is -4.01. The zero-order valence-corrected chi connectivity index (χ0v) is 5.44. The van der Waals surface area contributed by atoms with E-state index in [1.54, 1.807) is 0 Å². The molecular formula is C6H6O5. The monoisotopic (exact) mass is 158 g/mol. The average molecular weight is 158 g/mol. The summed E-state index contributed by atoms with van der Waals surface area (Å²) in [6.07, 6.45) is 0.560. The van der Waals surface area contributed by atoms with Gasteiger partial charge in [0.2, 0.25) is 5.76 Å². The van der Waals surface area contributed by atoms with E-state index in [1.165, 1.54) is 0 Å². The fourth-order valence-corrected chi connectivity index (χ4v) is 0.289. The molecule has 0 spiro atoms. The molecule has 0 aromatic rings. The number of aliphatic carboxylic acids is 2. The Labute approximate surface area is 61.9 Å². The molecule has 0 rings (SSSR count). The Morgan fingerprint density at radius 2 is 1.55 bits per heavy atom. The molecule has 0 aliphatic carbocycles. The van der Waals surface area contributed by atoms with Gasteiger partial charge >= 0.3 is 11.9 Å². The van der Waals surface area contributed by atoms with Crippen molar-refractivity contribution in [1.29, 1.82) is 0 Å². The number of hydrogen-bond acceptors (Lipinski definition) is 3. The van der Waals surface area contributed by atoms with Crippen LogP contribution in [0.4, 0.5) is 0 Å². The van der Waals surface area contributed by atoms with Crippen LogP contribution in [0.2, 0.25) is 0 Å². The zero-order chi connectivity index (χ0) is 9.02. The molecule has 60 valence electrons. The molecule has 0 radical (unpaired) electrons. The number of aliphatic hydroxyl groups excluding tert-OH is 1. The highest BCUT2D eigenvalue weighted by atomic mass is 16.4. The summed E-state index contributed by atoms with van der Waals surface area (Å²) < 4.78 is 0. The quantitative estimate of drug-likeness (QED) is 0.309. The molecule has 3 N–H and O–H groups in total. The van der Waals surface area contributed by atoms with E-state index in [1.807, 2.05) is 0 Å². The molecule has 5 heteroatoms. The van der Waals surface area contributed by atoms with Gasteiger partial charge in [-0.25, -0.2) is 9.59 Å². The summed E-state index contributed by atoms with van der Waals surface area (Å²) in [6, 6.07) is 0. The highest BCUT2D eigenvalue weighted by Crippen LogP contribution is 1.97. The third kappa shape index (κ3) is 3.04. The molecule has 0 aliphatic rings. The summed E-state index contributed by atoms with van der Waals surface area (Å²) in [5, 5.41) is 24.7. The minimum atomic E-state index is -1.59. The Hall–Kier alpha value is -1.78. The lowest BCUT2D eigenvalue weighted by molar-refractivity contribution is -0.135. The molecule has 0 aliphatic heterocycles. The van der Waals surface area contributed by atoms with Crippen LogP contribution in [0.1, 0.15) is 0 Å². The van der Waals surface area contributed by atoms with E-state index in [4.69, 9.17) is 15.3 Å². The van der Waals surface area contributed by atoms with Gasteiger partial charge in [-0.15, -0.1) is 0 Å². The molecule has 0 aromatic heterocycles. The molecule has 0 atom stereocenters. The van der Waals surface area contributed by atoms with Crippen LogP contribution in [0, 0.1) is 0 Å². The van der Waals surface area contributed by atoms with Crippen molar-refractivity contribution in [2.24, 2.45) is 0 Å². The number of carboxylic acids is 2. The lowest BCUT2D eigenvalue weighted by atomic mass is 10.2. The predicted molar refractivity (Wildman–Crippen MR) is 35.1 cm³/mol. The Morgan fingerprint density at radius 3 is 1.82 bits per heavy atom. The summed E-state index contributed by atoms with van der Waals surface area (Å²) in [7, 11) is 0. The molecule has 0 aromatic carbocycles. The second-order valence-electron chi connectivity index (χ2n) is 1.67. The van der Waals surface area contributed by atoms with Gasteiger partial charge in [0.05, 0.1) is 5.57 Å². The van der Waals surface area contributed by atoms with Crippen LogP contribution in [-0.4, -0.2) is 27.3 Å². The maximum Gasteiger partial charge on any atom is 0.370 e. The van der Waals surface area contributed by atoms with Crippen molar-refractivity contribution in [2.75, 3.05) is 0 Å². The molecule has 0 bridgehead atoms. The molecule has 11 heavy (non-hydrogen) atoms. The fourth-order valence-electron chi connectivity index (χ4n) is 0.289. The topological polar surface area (TPSA) is 94.8 Å². The molecular weight excluding hydrogens is 152 g/mol. The zero-order valence-electron chi connectivity index (χ0n) is 5.44. The molecule has 0 heterocycles. The Kier molecular flexibility index (Phi) is 2.85. The average Bonchev–Trinajstić information content (AvgIpc) is 1.87. The van der Waals surface area contributed by atoms with Crippen molar-refractivity contribution >= 4 is 11.9 Å². The van der Waals surface area contributed by atoms with Crippen molar-refractivity contribution in [3.05, 3.63) is 24.0 Å². The number of rotatable bonds is 3. The van der Waals surface area contributed by atoms with Gasteiger partial charge in [-0.1, -0.05) is 6.58 Å². The van der Waals surface area contributed by atoms with Crippen molar-refractivity contribution in [2.45, 2.75) is 0 Å². The van der Waals surface area contributed by atoms with E-state index in [0.29, 0.717) is 6.08 Å². The highest BCUT2D eigenvalue weighted by Gasteiger charge is 2.07. The minimum Gasteiger partial charge on any atom is -0.502 e. The lowest BCUT2D eigenvalue weighted by Crippen LogP contribution is -2.02. The van der Waals surface area contributed by atoms with E-state index in [2.05, 4.69) is 6.58 Å². The number of aliphatic hydroxyl groups is 1. The standard InChI is InChI=1S/C6H6O5/c1-3(5(8)9)2-4(7)6(10)11/h2,7H,1H2,(H,8,9)(H,10,11). The summed E-state index contributed by atoms with van der Waals surface area (Å²) in [6.45, 7) is 2.98. The molecule has 0 amide bonds. The first-order valence-corrected chi connectivity index (χ1v) is 2.51. The van der Waals surface area contributed by atoms with Crippen LogP contribution in [0.15, 0.2) is 24.0 Å². The van der Waals surface area contributed by atoms with Crippen molar-refractivity contribution in [3.8, 4) is 0 Å². The number of carboxylic acid groups (broad SMARTS) is 2. The first kappa shape index (κ1) is 9.22. The van der Waals surface area contributed by atoms with Crippen molar-refractivity contribution in [3.63, 3.8) is 0 Å². The molecule has 0 unspecified atom stereocenters. The van der Waals surface area contributed by atoms with Crippen LogP contribution in [0.5, 0.6) is 0 Å². The van der Waals surface area contributed by atoms with Gasteiger partial charge < -0.3 is 15.3 Å². The van der Waals surface area contributed by atoms with Gasteiger partial charge in [0, 0.05) is 6.08 Å². The summed E-state index contributed by atoms with van der Waals surface area (Å²) in [5.41, 5.74) is -0.482. The van der Waals surface area contributed by atoms with Crippen LogP contribution >= 0.6 is 0 Å². The molecule has 0 saturated carbocycles. The van der Waals surface area contributed by atoms with Gasteiger partial charge in [0.25, 0.3) is 0 Å². The van der Waals surface area contributed by atoms with Gasteiger partial charge in [-0.2, -0.15) is 0 Å². The van der Waals surface area contributed by atoms with E-state index < -0.39 is 23.3 Å². The van der Waals surface area contributed by atoms with Gasteiger partial charge in [0.15, 0.2) is 0 Å². The van der Waals surface area contributed by atoms with Gasteiger partial charge in [-0.05, 0) is 0 Å². The molecule has 5 nitrogen and oxygen atoms in total. The first-order valence-electron chi connectivity index (χ1n) is 2.51. The van der Waals surface area contributed by atoms with Crippen molar-refractivity contribution in [1.82, 2.24) is 0 Å². The Morgan fingerprint density at radius 1 is 1.09 bits per heavy atom. The first-order chi connectivity index (χ1) is 4.95. The van der Waals surface area contributed by atoms with Gasteiger partial charge in [-0.3, -0.25) is 0 Å². The Bertz CT molecular complexity index is 237. The molecule has 0 fully saturated rings. The van der Waals surface area contributed by atoms with E-state index >= 15 is 0 Å². The number of carbonyl (C=O) groups is 2. The lowest BCUT2D eigenvalue weighted by Gasteiger charge is -1.91. The third-order valence-electron chi connectivity index (χ3n) is 0.805. The van der Waals surface area contributed by atoms with Crippen LogP contribution in [0.25, 0.3) is 0 Å². The summed E-state index contributed by atoms with van der Waals surface area (Å²) >= 11 is 0. The predicted octanol–water partition coefficient (Wildman–Crippen LogP) is 0.154. The van der Waals surface area contributed by atoms with Crippen LogP contribution in [0.3, 0.4) is 0 Å². The minimum absolute atomic E-state index is 0.482. The largest absolute Gasteiger partial charge is 0.502 e. The van der Waals surface area contributed by atoms with Gasteiger partial charge in [0.1, 0.15) is 0 Å². The maximum absolute atomic E-state index is 10.0. The fraction of sp³-hybridized carbons (Fsp3) is 0. The second-order valence-corrected chi connectivity index (χ2v) is 1.67. The summed E-state index contributed by atoms with van der Waals surface area (Å²) in [4.78, 5) is 19.9. The van der Waals surface area contributed by atoms with Crippen LogP contribution < -0.4 is 0 Å². The number of hydrogen-bond donors (Lipinski definition) is 3. The SMILES string of the molecule is C=C(C=C(O)C(=O)O)C(=O)O. The van der Waals surface area contributed by atoms with Crippen LogP contribution in [-0.2, 0) is 9.59 Å². The third-order valence-corrected chi connectivity index (χ3v) is 0.805. The maximum atomic E-state index is 10.0. The van der Waals surface area contributed by atoms with E-state index in [9.17, 15) is 9.59 Å².